The second-order valence-corrected chi connectivity index (χ2v) is 7.02. The van der Waals surface area contributed by atoms with Gasteiger partial charge < -0.3 is 5.73 Å². The standard InChI is InChI=1S/C9H17BrN4S/c1-9(2,3)15-5-6(11)7-8(10)12-13-14(7)4/h6H,5,11H2,1-4H3. The minimum absolute atomic E-state index is 0.0383. The fourth-order valence-electron chi connectivity index (χ4n) is 1.15. The zero-order valence-corrected chi connectivity index (χ0v) is 11.9. The third kappa shape index (κ3) is 3.77. The Morgan fingerprint density at radius 1 is 1.53 bits per heavy atom. The average Bonchev–Trinajstić information content (AvgIpc) is 2.41. The molecule has 1 atom stereocenters. The number of hydrogen-bond acceptors (Lipinski definition) is 4. The van der Waals surface area contributed by atoms with Crippen LogP contribution < -0.4 is 5.73 Å². The Morgan fingerprint density at radius 2 is 2.13 bits per heavy atom. The molecule has 1 unspecified atom stereocenters. The summed E-state index contributed by atoms with van der Waals surface area (Å²) in [4.78, 5) is 0. The van der Waals surface area contributed by atoms with Gasteiger partial charge in [-0.05, 0) is 15.9 Å². The quantitative estimate of drug-likeness (QED) is 0.927. The molecule has 0 saturated carbocycles. The van der Waals surface area contributed by atoms with E-state index < -0.39 is 0 Å². The first kappa shape index (κ1) is 13.0. The summed E-state index contributed by atoms with van der Waals surface area (Å²) in [5.74, 6) is 0.864. The monoisotopic (exact) mass is 292 g/mol. The van der Waals surface area contributed by atoms with Crippen LogP contribution in [0.2, 0.25) is 0 Å². The number of thioether (sulfide) groups is 1. The Morgan fingerprint density at radius 3 is 2.53 bits per heavy atom. The Kier molecular flexibility index (Phi) is 4.20. The molecule has 4 nitrogen and oxygen atoms in total. The Hall–Kier alpha value is -0.0700. The number of nitrogens with zero attached hydrogens (tertiary/aromatic N) is 3. The van der Waals surface area contributed by atoms with Crippen LogP contribution in [-0.2, 0) is 7.05 Å². The molecule has 0 amide bonds. The lowest BCUT2D eigenvalue weighted by molar-refractivity contribution is 0.638. The van der Waals surface area contributed by atoms with E-state index in [2.05, 4.69) is 47.0 Å². The van der Waals surface area contributed by atoms with E-state index in [-0.39, 0.29) is 10.8 Å². The van der Waals surface area contributed by atoms with E-state index >= 15 is 0 Å². The van der Waals surface area contributed by atoms with Gasteiger partial charge in [0.15, 0.2) is 4.60 Å². The fraction of sp³-hybridized carbons (Fsp3) is 0.778. The van der Waals surface area contributed by atoms with Crippen LogP contribution in [0.15, 0.2) is 4.60 Å². The van der Waals surface area contributed by atoms with Crippen molar-refractivity contribution in [2.75, 3.05) is 5.75 Å². The predicted octanol–water partition coefficient (Wildman–Crippen LogP) is 2.11. The summed E-state index contributed by atoms with van der Waals surface area (Å²) >= 11 is 5.20. The smallest absolute Gasteiger partial charge is 0.153 e. The molecule has 2 N–H and O–H groups in total. The maximum absolute atomic E-state index is 6.10. The molecule has 15 heavy (non-hydrogen) atoms. The van der Waals surface area contributed by atoms with Crippen molar-refractivity contribution in [3.05, 3.63) is 10.3 Å². The number of aromatic nitrogens is 3. The highest BCUT2D eigenvalue weighted by Crippen LogP contribution is 2.28. The number of hydrogen-bond donors (Lipinski definition) is 1. The molecular weight excluding hydrogens is 276 g/mol. The van der Waals surface area contributed by atoms with E-state index in [0.29, 0.717) is 0 Å². The molecule has 86 valence electrons. The summed E-state index contributed by atoms with van der Waals surface area (Å²) in [6.07, 6.45) is 0. The number of aryl methyl sites for hydroxylation is 1. The van der Waals surface area contributed by atoms with Crippen LogP contribution in [0.1, 0.15) is 32.5 Å². The van der Waals surface area contributed by atoms with Gasteiger partial charge in [0.05, 0.1) is 11.7 Å². The molecular formula is C9H17BrN4S. The molecule has 1 heterocycles. The second-order valence-electron chi connectivity index (χ2n) is 4.42. The molecule has 0 radical (unpaired) electrons. The molecule has 0 fully saturated rings. The van der Waals surface area contributed by atoms with Gasteiger partial charge in [-0.2, -0.15) is 11.8 Å². The Bertz CT molecular complexity index is 312. The van der Waals surface area contributed by atoms with Gasteiger partial charge in [-0.15, -0.1) is 5.10 Å². The van der Waals surface area contributed by atoms with E-state index in [1.807, 2.05) is 18.8 Å². The van der Waals surface area contributed by atoms with Crippen molar-refractivity contribution >= 4 is 27.7 Å². The Balaban J connectivity index is 2.65. The van der Waals surface area contributed by atoms with Gasteiger partial charge in [-0.1, -0.05) is 26.0 Å². The van der Waals surface area contributed by atoms with Gasteiger partial charge in [0.25, 0.3) is 0 Å². The molecule has 0 aliphatic carbocycles. The van der Waals surface area contributed by atoms with Crippen LogP contribution in [0.25, 0.3) is 0 Å². The van der Waals surface area contributed by atoms with Gasteiger partial charge in [-0.3, -0.25) is 0 Å². The van der Waals surface area contributed by atoms with E-state index in [9.17, 15) is 0 Å². The molecule has 0 saturated heterocycles. The number of rotatable bonds is 3. The van der Waals surface area contributed by atoms with Crippen LogP contribution in [0.3, 0.4) is 0 Å². The minimum atomic E-state index is -0.0383. The first-order chi connectivity index (χ1) is 6.81. The van der Waals surface area contributed by atoms with Crippen LogP contribution in [0, 0.1) is 0 Å². The van der Waals surface area contributed by atoms with E-state index in [1.165, 1.54) is 0 Å². The Labute approximate surface area is 103 Å². The molecule has 1 rings (SSSR count). The molecule has 1 aromatic rings. The lowest BCUT2D eigenvalue weighted by Gasteiger charge is -2.20. The summed E-state index contributed by atoms with van der Waals surface area (Å²) in [5.41, 5.74) is 7.05. The van der Waals surface area contributed by atoms with Crippen LogP contribution in [0.5, 0.6) is 0 Å². The molecule has 0 spiro atoms. The lowest BCUT2D eigenvalue weighted by Crippen LogP contribution is -2.20. The van der Waals surface area contributed by atoms with Gasteiger partial charge in [0.1, 0.15) is 0 Å². The van der Waals surface area contributed by atoms with E-state index in [4.69, 9.17) is 5.73 Å². The third-order valence-corrected chi connectivity index (χ3v) is 3.83. The summed E-state index contributed by atoms with van der Waals surface area (Å²) in [7, 11) is 1.86. The van der Waals surface area contributed by atoms with Crippen molar-refractivity contribution in [1.29, 1.82) is 0 Å². The van der Waals surface area contributed by atoms with Crippen molar-refractivity contribution in [3.8, 4) is 0 Å². The van der Waals surface area contributed by atoms with Gasteiger partial charge in [0, 0.05) is 17.5 Å². The highest BCUT2D eigenvalue weighted by Gasteiger charge is 2.19. The minimum Gasteiger partial charge on any atom is -0.322 e. The molecule has 1 aromatic heterocycles. The van der Waals surface area contributed by atoms with Crippen molar-refractivity contribution in [2.45, 2.75) is 31.6 Å². The van der Waals surface area contributed by atoms with Crippen molar-refractivity contribution in [2.24, 2.45) is 12.8 Å². The van der Waals surface area contributed by atoms with Crippen molar-refractivity contribution < 1.29 is 0 Å². The third-order valence-electron chi connectivity index (χ3n) is 1.87. The fourth-order valence-corrected chi connectivity index (χ4v) is 2.61. The van der Waals surface area contributed by atoms with Gasteiger partial charge in [0.2, 0.25) is 0 Å². The molecule has 0 bridgehead atoms. The SMILES string of the molecule is Cn1nnc(Br)c1C(N)CSC(C)(C)C. The van der Waals surface area contributed by atoms with Crippen LogP contribution in [0.4, 0.5) is 0 Å². The predicted molar refractivity (Wildman–Crippen MR) is 67.8 cm³/mol. The zero-order valence-electron chi connectivity index (χ0n) is 9.49. The lowest BCUT2D eigenvalue weighted by atomic mass is 10.2. The maximum Gasteiger partial charge on any atom is 0.153 e. The summed E-state index contributed by atoms with van der Waals surface area (Å²) in [5, 5.41) is 7.83. The average molecular weight is 293 g/mol. The first-order valence-electron chi connectivity index (χ1n) is 4.76. The normalized spacial score (nSPS) is 14.3. The summed E-state index contributed by atoms with van der Waals surface area (Å²) in [6, 6.07) is -0.0383. The summed E-state index contributed by atoms with van der Waals surface area (Å²) < 4.78 is 2.70. The topological polar surface area (TPSA) is 56.7 Å². The van der Waals surface area contributed by atoms with Gasteiger partial charge >= 0.3 is 0 Å². The highest BCUT2D eigenvalue weighted by molar-refractivity contribution is 9.10. The van der Waals surface area contributed by atoms with Crippen molar-refractivity contribution in [3.63, 3.8) is 0 Å². The molecule has 6 heteroatoms. The van der Waals surface area contributed by atoms with Gasteiger partial charge in [-0.25, -0.2) is 4.68 Å². The second kappa shape index (κ2) is 4.84. The maximum atomic E-state index is 6.10. The first-order valence-corrected chi connectivity index (χ1v) is 6.54. The van der Waals surface area contributed by atoms with Crippen molar-refractivity contribution in [1.82, 2.24) is 15.0 Å². The van der Waals surface area contributed by atoms with Crippen LogP contribution >= 0.6 is 27.7 Å². The largest absolute Gasteiger partial charge is 0.322 e. The number of nitrogens with two attached hydrogens (primary N) is 1. The highest BCUT2D eigenvalue weighted by atomic mass is 79.9. The number of halogens is 1. The molecule has 0 aliphatic rings. The zero-order chi connectivity index (χ0) is 11.6. The van der Waals surface area contributed by atoms with Crippen LogP contribution in [-0.4, -0.2) is 25.5 Å². The van der Waals surface area contributed by atoms with E-state index in [0.717, 1.165) is 16.0 Å². The summed E-state index contributed by atoms with van der Waals surface area (Å²) in [6.45, 7) is 6.54. The molecule has 0 aliphatic heterocycles. The van der Waals surface area contributed by atoms with E-state index in [1.54, 1.807) is 4.68 Å². The molecule has 0 aromatic carbocycles.